The summed E-state index contributed by atoms with van der Waals surface area (Å²) in [6, 6.07) is 16.5. The van der Waals surface area contributed by atoms with E-state index in [0.717, 1.165) is 22.4 Å². The van der Waals surface area contributed by atoms with Crippen LogP contribution in [0.25, 0.3) is 11.3 Å². The van der Waals surface area contributed by atoms with Crippen LogP contribution in [-0.2, 0) is 6.54 Å². The van der Waals surface area contributed by atoms with Gasteiger partial charge in [0, 0.05) is 11.6 Å². The monoisotopic (exact) mass is 344 g/mol. The van der Waals surface area contributed by atoms with Crippen molar-refractivity contribution >= 4 is 23.2 Å². The van der Waals surface area contributed by atoms with Crippen LogP contribution in [0.5, 0.6) is 0 Å². The van der Waals surface area contributed by atoms with E-state index in [4.69, 9.17) is 23.2 Å². The molecule has 0 saturated carbocycles. The van der Waals surface area contributed by atoms with Gasteiger partial charge >= 0.3 is 0 Å². The molecule has 0 unspecified atom stereocenters. The molecule has 1 heterocycles. The highest BCUT2D eigenvalue weighted by Gasteiger charge is 2.07. The molecule has 0 radical (unpaired) electrons. The first kappa shape index (κ1) is 15.8. The van der Waals surface area contributed by atoms with Gasteiger partial charge in [-0.15, -0.1) is 0 Å². The molecule has 23 heavy (non-hydrogen) atoms. The van der Waals surface area contributed by atoms with Gasteiger partial charge in [-0.3, -0.25) is 4.79 Å². The third-order valence-electron chi connectivity index (χ3n) is 3.60. The fourth-order valence-electron chi connectivity index (χ4n) is 2.38. The molecule has 0 aliphatic carbocycles. The van der Waals surface area contributed by atoms with E-state index in [2.05, 4.69) is 5.10 Å². The van der Waals surface area contributed by atoms with Crippen molar-refractivity contribution in [1.29, 1.82) is 0 Å². The molecular weight excluding hydrogens is 331 g/mol. The van der Waals surface area contributed by atoms with Crippen LogP contribution < -0.4 is 5.56 Å². The third-order valence-corrected chi connectivity index (χ3v) is 4.34. The van der Waals surface area contributed by atoms with Crippen molar-refractivity contribution in [3.05, 3.63) is 86.1 Å². The normalized spacial score (nSPS) is 10.7. The zero-order valence-corrected chi connectivity index (χ0v) is 14.0. The van der Waals surface area contributed by atoms with Crippen LogP contribution in [0.3, 0.4) is 0 Å². The van der Waals surface area contributed by atoms with Gasteiger partial charge in [0.1, 0.15) is 0 Å². The Kier molecular flexibility index (Phi) is 4.51. The average molecular weight is 345 g/mol. The number of nitrogens with zero attached hydrogens (tertiary/aromatic N) is 2. The van der Waals surface area contributed by atoms with E-state index in [1.165, 1.54) is 10.7 Å². The summed E-state index contributed by atoms with van der Waals surface area (Å²) in [6.07, 6.45) is 0. The number of aryl methyl sites for hydroxylation is 1. The first-order valence-electron chi connectivity index (χ1n) is 7.13. The number of rotatable bonds is 3. The van der Waals surface area contributed by atoms with E-state index in [9.17, 15) is 4.79 Å². The van der Waals surface area contributed by atoms with E-state index in [0.29, 0.717) is 16.6 Å². The van der Waals surface area contributed by atoms with E-state index in [1.807, 2.05) is 37.3 Å². The molecule has 2 aromatic carbocycles. The summed E-state index contributed by atoms with van der Waals surface area (Å²) in [6.45, 7) is 2.36. The predicted octanol–water partition coefficient (Wildman–Crippen LogP) is 4.57. The summed E-state index contributed by atoms with van der Waals surface area (Å²) in [7, 11) is 0. The predicted molar refractivity (Wildman–Crippen MR) is 94.2 cm³/mol. The zero-order valence-electron chi connectivity index (χ0n) is 12.5. The highest BCUT2D eigenvalue weighted by atomic mass is 35.5. The van der Waals surface area contributed by atoms with Gasteiger partial charge in [0.25, 0.3) is 5.56 Å². The van der Waals surface area contributed by atoms with Crippen molar-refractivity contribution in [2.75, 3.05) is 0 Å². The first-order chi connectivity index (χ1) is 11.0. The van der Waals surface area contributed by atoms with Crippen LogP contribution in [0.4, 0.5) is 0 Å². The smallest absolute Gasteiger partial charge is 0.267 e. The van der Waals surface area contributed by atoms with Gasteiger partial charge < -0.3 is 0 Å². The number of hydrogen-bond acceptors (Lipinski definition) is 2. The lowest BCUT2D eigenvalue weighted by atomic mass is 10.1. The molecule has 0 aliphatic rings. The average Bonchev–Trinajstić information content (AvgIpc) is 2.54. The van der Waals surface area contributed by atoms with Crippen molar-refractivity contribution in [3.63, 3.8) is 0 Å². The summed E-state index contributed by atoms with van der Waals surface area (Å²) in [4.78, 5) is 12.1. The van der Waals surface area contributed by atoms with Crippen LogP contribution >= 0.6 is 23.2 Å². The standard InChI is InChI=1S/C18H14Cl2N2O/c1-12-4-2-3-5-14(12)17-8-9-18(23)22(21-17)11-13-6-7-15(19)16(20)10-13/h2-10H,11H2,1H3. The lowest BCUT2D eigenvalue weighted by molar-refractivity contribution is 0.642. The molecule has 0 amide bonds. The molecule has 0 atom stereocenters. The second kappa shape index (κ2) is 6.57. The quantitative estimate of drug-likeness (QED) is 0.697. The van der Waals surface area contributed by atoms with Crippen molar-refractivity contribution in [2.45, 2.75) is 13.5 Å². The Bertz CT molecular complexity index is 919. The van der Waals surface area contributed by atoms with Crippen molar-refractivity contribution < 1.29 is 0 Å². The second-order valence-electron chi connectivity index (χ2n) is 5.28. The lowest BCUT2D eigenvalue weighted by Crippen LogP contribution is -2.22. The van der Waals surface area contributed by atoms with E-state index >= 15 is 0 Å². The van der Waals surface area contributed by atoms with Crippen LogP contribution in [0.1, 0.15) is 11.1 Å². The molecule has 3 nitrogen and oxygen atoms in total. The van der Waals surface area contributed by atoms with Crippen LogP contribution in [0, 0.1) is 6.92 Å². The minimum atomic E-state index is -0.159. The maximum Gasteiger partial charge on any atom is 0.267 e. The van der Waals surface area contributed by atoms with Crippen LogP contribution in [0.15, 0.2) is 59.4 Å². The van der Waals surface area contributed by atoms with E-state index < -0.39 is 0 Å². The first-order valence-corrected chi connectivity index (χ1v) is 7.88. The maximum absolute atomic E-state index is 12.1. The second-order valence-corrected chi connectivity index (χ2v) is 6.09. The van der Waals surface area contributed by atoms with Gasteiger partial charge in [0.15, 0.2) is 0 Å². The van der Waals surface area contributed by atoms with Gasteiger partial charge in [-0.25, -0.2) is 4.68 Å². The van der Waals surface area contributed by atoms with Crippen molar-refractivity contribution in [2.24, 2.45) is 0 Å². The fourth-order valence-corrected chi connectivity index (χ4v) is 2.70. The highest BCUT2D eigenvalue weighted by molar-refractivity contribution is 6.42. The number of aromatic nitrogens is 2. The highest BCUT2D eigenvalue weighted by Crippen LogP contribution is 2.23. The van der Waals surface area contributed by atoms with E-state index in [-0.39, 0.29) is 5.56 Å². The summed E-state index contributed by atoms with van der Waals surface area (Å²) in [5, 5.41) is 5.43. The Labute approximate surface area is 144 Å². The molecule has 116 valence electrons. The number of halogens is 2. The molecule has 0 N–H and O–H groups in total. The summed E-state index contributed by atoms with van der Waals surface area (Å²) >= 11 is 11.9. The Balaban J connectivity index is 2.00. The molecule has 0 aliphatic heterocycles. The molecule has 3 aromatic rings. The van der Waals surface area contributed by atoms with Gasteiger partial charge in [-0.2, -0.15) is 5.10 Å². The minimum absolute atomic E-state index is 0.159. The SMILES string of the molecule is Cc1ccccc1-c1ccc(=O)n(Cc2ccc(Cl)c(Cl)c2)n1. The van der Waals surface area contributed by atoms with Crippen LogP contribution in [0.2, 0.25) is 10.0 Å². The van der Waals surface area contributed by atoms with Gasteiger partial charge in [-0.1, -0.05) is 53.5 Å². The van der Waals surface area contributed by atoms with Gasteiger partial charge in [-0.05, 0) is 36.2 Å². The fraction of sp³-hybridized carbons (Fsp3) is 0.111. The summed E-state index contributed by atoms with van der Waals surface area (Å²) in [5.41, 5.74) is 3.60. The molecular formula is C18H14Cl2N2O. The summed E-state index contributed by atoms with van der Waals surface area (Å²) in [5.74, 6) is 0. The Morgan fingerprint density at radius 2 is 1.78 bits per heavy atom. The minimum Gasteiger partial charge on any atom is -0.268 e. The van der Waals surface area contributed by atoms with Crippen LogP contribution in [-0.4, -0.2) is 9.78 Å². The molecule has 1 aromatic heterocycles. The summed E-state index contributed by atoms with van der Waals surface area (Å²) < 4.78 is 1.43. The topological polar surface area (TPSA) is 34.9 Å². The lowest BCUT2D eigenvalue weighted by Gasteiger charge is -2.09. The molecule has 0 saturated heterocycles. The Hall–Kier alpha value is -2.10. The molecule has 3 rings (SSSR count). The zero-order chi connectivity index (χ0) is 16.4. The molecule has 0 spiro atoms. The number of benzene rings is 2. The molecule has 5 heteroatoms. The van der Waals surface area contributed by atoms with Crippen molar-refractivity contribution in [1.82, 2.24) is 9.78 Å². The van der Waals surface area contributed by atoms with Gasteiger partial charge in [0.2, 0.25) is 0 Å². The number of hydrogen-bond donors (Lipinski definition) is 0. The third kappa shape index (κ3) is 3.46. The van der Waals surface area contributed by atoms with E-state index in [1.54, 1.807) is 18.2 Å². The van der Waals surface area contributed by atoms with Gasteiger partial charge in [0.05, 0.1) is 22.3 Å². The Morgan fingerprint density at radius 1 is 1.00 bits per heavy atom. The molecule has 0 bridgehead atoms. The van der Waals surface area contributed by atoms with Crippen molar-refractivity contribution in [3.8, 4) is 11.3 Å². The Morgan fingerprint density at radius 3 is 2.52 bits per heavy atom. The largest absolute Gasteiger partial charge is 0.268 e. The maximum atomic E-state index is 12.1. The molecule has 0 fully saturated rings.